The predicted octanol–water partition coefficient (Wildman–Crippen LogP) is 3.18. The van der Waals surface area contributed by atoms with Gasteiger partial charge in [0.15, 0.2) is 0 Å². The largest absolute Gasteiger partial charge is 0.490 e. The molecule has 7 nitrogen and oxygen atoms in total. The van der Waals surface area contributed by atoms with Gasteiger partial charge in [0.05, 0.1) is 12.2 Å². The zero-order valence-corrected chi connectivity index (χ0v) is 20.2. The van der Waals surface area contributed by atoms with E-state index in [0.29, 0.717) is 24.8 Å². The average molecular weight is 467 g/mol. The maximum atomic E-state index is 14.4. The molecule has 9 atom stereocenters. The fraction of sp³-hybridized carbons (Fsp3) is 0.667. The van der Waals surface area contributed by atoms with Gasteiger partial charge in [-0.15, -0.1) is 0 Å². The molecule has 5 heterocycles. The van der Waals surface area contributed by atoms with Crippen LogP contribution < -0.4 is 0 Å². The first-order valence-electron chi connectivity index (χ1n) is 12.4. The number of hydrogen-bond donors (Lipinski definition) is 0. The number of allylic oxidation sites excluding steroid dienone is 2. The van der Waals surface area contributed by atoms with Gasteiger partial charge in [-0.3, -0.25) is 14.4 Å². The molecule has 5 fully saturated rings. The maximum Gasteiger partial charge on any atom is 0.311 e. The molecule has 180 valence electrons. The highest BCUT2D eigenvalue weighted by Crippen LogP contribution is 2.68. The van der Waals surface area contributed by atoms with Gasteiger partial charge >= 0.3 is 5.97 Å². The smallest absolute Gasteiger partial charge is 0.311 e. The summed E-state index contributed by atoms with van der Waals surface area (Å²) in [5.74, 6) is -3.70. The highest BCUT2D eigenvalue weighted by Gasteiger charge is 2.80. The first-order valence-corrected chi connectivity index (χ1v) is 12.4. The van der Waals surface area contributed by atoms with Gasteiger partial charge in [0.25, 0.3) is 0 Å². The van der Waals surface area contributed by atoms with E-state index in [2.05, 4.69) is 0 Å². The number of rotatable bonds is 0. The van der Waals surface area contributed by atoms with Crippen molar-refractivity contribution in [1.82, 2.24) is 0 Å². The SMILES string of the molecule is C[C@@H]1C(=O)O[C@H]2[C@@H]1OC13O[C@@]4(CC[C@]5(C)C(=O)[C@@H](C)[C@H]2C15)CC1=COC(C)(C)C1=CC=C4C3=O. The van der Waals surface area contributed by atoms with E-state index in [1.807, 2.05) is 39.8 Å². The van der Waals surface area contributed by atoms with E-state index in [-0.39, 0.29) is 29.4 Å². The van der Waals surface area contributed by atoms with E-state index in [0.717, 1.165) is 11.1 Å². The Morgan fingerprint density at radius 3 is 2.44 bits per heavy atom. The summed E-state index contributed by atoms with van der Waals surface area (Å²) < 4.78 is 25.2. The number of fused-ring (bicyclic) bond motifs is 3. The van der Waals surface area contributed by atoms with Crippen LogP contribution in [0, 0.1) is 29.1 Å². The van der Waals surface area contributed by atoms with Crippen LogP contribution in [-0.2, 0) is 33.3 Å². The van der Waals surface area contributed by atoms with E-state index >= 15 is 0 Å². The number of carbonyl (C=O) groups excluding carboxylic acids is 3. The third-order valence-electron chi connectivity index (χ3n) is 10.00. The average Bonchev–Trinajstić information content (AvgIpc) is 3.29. The van der Waals surface area contributed by atoms with Crippen LogP contribution in [-0.4, -0.2) is 46.7 Å². The Labute approximate surface area is 198 Å². The number of Topliss-reactive ketones (excluding diaryl/α,β-unsaturated/α-hetero) is 2. The lowest BCUT2D eigenvalue weighted by atomic mass is 9.62. The number of ketones is 2. The Balaban J connectivity index is 1.44. The van der Waals surface area contributed by atoms with Crippen molar-refractivity contribution in [2.75, 3.05) is 0 Å². The zero-order valence-electron chi connectivity index (χ0n) is 20.2. The molecule has 0 aromatic rings. The summed E-state index contributed by atoms with van der Waals surface area (Å²) >= 11 is 0. The number of carbonyl (C=O) groups is 3. The van der Waals surface area contributed by atoms with E-state index in [1.165, 1.54) is 0 Å². The van der Waals surface area contributed by atoms with E-state index in [9.17, 15) is 14.4 Å². The molecule has 34 heavy (non-hydrogen) atoms. The van der Waals surface area contributed by atoms with Crippen molar-refractivity contribution >= 4 is 17.5 Å². The molecule has 2 aliphatic carbocycles. The Morgan fingerprint density at radius 1 is 0.941 bits per heavy atom. The molecule has 0 N–H and O–H groups in total. The number of esters is 1. The molecule has 7 heteroatoms. The van der Waals surface area contributed by atoms with Crippen molar-refractivity contribution in [2.45, 2.75) is 83.1 Å². The van der Waals surface area contributed by atoms with Crippen LogP contribution in [0.1, 0.15) is 53.9 Å². The van der Waals surface area contributed by atoms with Crippen molar-refractivity contribution in [3.8, 4) is 0 Å². The van der Waals surface area contributed by atoms with Crippen molar-refractivity contribution in [2.24, 2.45) is 29.1 Å². The molecule has 0 amide bonds. The summed E-state index contributed by atoms with van der Waals surface area (Å²) in [7, 11) is 0. The molecular weight excluding hydrogens is 436 g/mol. The van der Waals surface area contributed by atoms with Gasteiger partial charge < -0.3 is 18.9 Å². The Bertz CT molecular complexity index is 1180. The van der Waals surface area contributed by atoms with Crippen LogP contribution in [0.3, 0.4) is 0 Å². The molecular formula is C27H30O7. The molecule has 4 saturated heterocycles. The molecule has 2 unspecified atom stereocenters. The van der Waals surface area contributed by atoms with Crippen LogP contribution in [0.4, 0.5) is 0 Å². The molecule has 0 radical (unpaired) electrons. The van der Waals surface area contributed by atoms with Crippen LogP contribution in [0.15, 0.2) is 35.1 Å². The highest BCUT2D eigenvalue weighted by molar-refractivity contribution is 6.07. The van der Waals surface area contributed by atoms with Crippen molar-refractivity contribution in [3.05, 3.63) is 35.1 Å². The molecule has 7 aliphatic rings. The fourth-order valence-electron chi connectivity index (χ4n) is 8.27. The minimum absolute atomic E-state index is 0.115. The second kappa shape index (κ2) is 5.93. The number of ether oxygens (including phenoxy) is 4. The van der Waals surface area contributed by atoms with Crippen LogP contribution in [0.2, 0.25) is 0 Å². The lowest BCUT2D eigenvalue weighted by Gasteiger charge is -2.49. The molecule has 1 saturated carbocycles. The van der Waals surface area contributed by atoms with Gasteiger partial charge in [-0.2, -0.15) is 0 Å². The zero-order chi connectivity index (χ0) is 24.0. The van der Waals surface area contributed by atoms with Crippen LogP contribution in [0.5, 0.6) is 0 Å². The van der Waals surface area contributed by atoms with Gasteiger partial charge in [0.2, 0.25) is 11.6 Å². The van der Waals surface area contributed by atoms with Crippen molar-refractivity contribution < 1.29 is 33.3 Å². The second-order valence-corrected chi connectivity index (χ2v) is 12.1. The van der Waals surface area contributed by atoms with Gasteiger partial charge in [-0.25, -0.2) is 0 Å². The lowest BCUT2D eigenvalue weighted by molar-refractivity contribution is -0.326. The third-order valence-corrected chi connectivity index (χ3v) is 10.00. The normalized spacial score (nSPS) is 51.7. The summed E-state index contributed by atoms with van der Waals surface area (Å²) in [6.07, 6.45) is 6.10. The van der Waals surface area contributed by atoms with E-state index in [4.69, 9.17) is 18.9 Å². The van der Waals surface area contributed by atoms with Gasteiger partial charge in [0, 0.05) is 40.7 Å². The fourth-order valence-corrected chi connectivity index (χ4v) is 8.27. The third kappa shape index (κ3) is 2.12. The Morgan fingerprint density at radius 2 is 1.68 bits per heavy atom. The van der Waals surface area contributed by atoms with Crippen LogP contribution in [0.25, 0.3) is 0 Å². The minimum atomic E-state index is -1.59. The number of hydrogen-bond acceptors (Lipinski definition) is 7. The quantitative estimate of drug-likeness (QED) is 0.507. The summed E-state index contributed by atoms with van der Waals surface area (Å²) in [6, 6.07) is 0. The maximum absolute atomic E-state index is 14.4. The first-order chi connectivity index (χ1) is 16.0. The van der Waals surface area contributed by atoms with Crippen molar-refractivity contribution in [1.29, 1.82) is 0 Å². The highest BCUT2D eigenvalue weighted by atomic mass is 16.7. The molecule has 0 aromatic carbocycles. The summed E-state index contributed by atoms with van der Waals surface area (Å²) in [5.41, 5.74) is 0.496. The standard InChI is InChI=1S/C27H30O7/c1-12-17-19-18(13(2)23(30)32-19)33-27-20(17)25(5,21(12)28)8-9-26(34-27)10-14-11-31-24(3,4)15(14)6-7-16(26)22(27)29/h6-7,11-13,17-20H,8-10H2,1-5H3/t12-,13-,17+,18+,19+,20?,25-,26-,27?/m0/s1. The van der Waals surface area contributed by atoms with Gasteiger partial charge in [0.1, 0.15) is 29.2 Å². The second-order valence-electron chi connectivity index (χ2n) is 12.1. The van der Waals surface area contributed by atoms with E-state index < -0.39 is 46.4 Å². The Kier molecular flexibility index (Phi) is 3.67. The lowest BCUT2D eigenvalue weighted by Crippen LogP contribution is -2.63. The van der Waals surface area contributed by atoms with Gasteiger partial charge in [-0.05, 0) is 39.2 Å². The summed E-state index contributed by atoms with van der Waals surface area (Å²) in [6.45, 7) is 9.66. The van der Waals surface area contributed by atoms with Crippen LogP contribution >= 0.6 is 0 Å². The predicted molar refractivity (Wildman–Crippen MR) is 118 cm³/mol. The monoisotopic (exact) mass is 466 g/mol. The summed E-state index contributed by atoms with van der Waals surface area (Å²) in [5, 5.41) is 0. The Hall–Kier alpha value is -2.25. The topological polar surface area (TPSA) is 88.1 Å². The minimum Gasteiger partial charge on any atom is -0.490 e. The molecule has 0 aromatic heterocycles. The molecule has 7 rings (SSSR count). The first kappa shape index (κ1) is 21.1. The van der Waals surface area contributed by atoms with Gasteiger partial charge in [-0.1, -0.05) is 26.0 Å². The molecule has 2 bridgehead atoms. The van der Waals surface area contributed by atoms with E-state index in [1.54, 1.807) is 13.2 Å². The van der Waals surface area contributed by atoms with Crippen molar-refractivity contribution in [3.63, 3.8) is 0 Å². The molecule has 5 aliphatic heterocycles. The molecule has 2 spiro atoms. The summed E-state index contributed by atoms with van der Waals surface area (Å²) in [4.78, 5) is 40.7.